The fraction of sp³-hybridized carbons (Fsp3) is 0.190. The first-order valence-corrected chi connectivity index (χ1v) is 8.36. The Balaban J connectivity index is 1.55. The Hall–Kier alpha value is -2.72. The maximum atomic E-state index is 13.1. The Morgan fingerprint density at radius 2 is 1.76 bits per heavy atom. The van der Waals surface area contributed by atoms with Crippen molar-refractivity contribution in [2.45, 2.75) is 6.10 Å². The monoisotopic (exact) mass is 335 g/mol. The van der Waals surface area contributed by atoms with Gasteiger partial charge >= 0.3 is 0 Å². The summed E-state index contributed by atoms with van der Waals surface area (Å²) in [5.74, 6) is -0.273. The minimum absolute atomic E-state index is 0.00108. The molecule has 0 N–H and O–H groups in total. The highest BCUT2D eigenvalue weighted by atomic mass is 19.1. The molecule has 1 fully saturated rings. The van der Waals surface area contributed by atoms with Gasteiger partial charge in [-0.25, -0.2) is 4.39 Å². The zero-order chi connectivity index (χ0) is 17.2. The largest absolute Gasteiger partial charge is 0.370 e. The molecule has 1 amide bonds. The summed E-state index contributed by atoms with van der Waals surface area (Å²) in [6.45, 7) is 1.50. The lowest BCUT2D eigenvalue weighted by atomic mass is 10.0. The van der Waals surface area contributed by atoms with Crippen LogP contribution in [0.15, 0.2) is 66.7 Å². The molecule has 0 aliphatic carbocycles. The number of rotatable bonds is 2. The van der Waals surface area contributed by atoms with Crippen molar-refractivity contribution >= 4 is 16.7 Å². The Kier molecular flexibility index (Phi) is 4.20. The number of carbonyl (C=O) groups excluding carboxylic acids is 1. The van der Waals surface area contributed by atoms with Gasteiger partial charge in [-0.15, -0.1) is 0 Å². The molecular weight excluding hydrogens is 317 g/mol. The van der Waals surface area contributed by atoms with Crippen LogP contribution in [-0.2, 0) is 4.74 Å². The number of hydrogen-bond acceptors (Lipinski definition) is 2. The van der Waals surface area contributed by atoms with E-state index in [0.717, 1.165) is 16.3 Å². The van der Waals surface area contributed by atoms with E-state index in [4.69, 9.17) is 4.74 Å². The van der Waals surface area contributed by atoms with E-state index in [1.54, 1.807) is 12.1 Å². The van der Waals surface area contributed by atoms with Gasteiger partial charge in [0.2, 0.25) is 0 Å². The summed E-state index contributed by atoms with van der Waals surface area (Å²) in [5.41, 5.74) is 1.57. The standard InChI is InChI=1S/C21H18FNO2/c22-19-9-7-16(8-10-19)20-14-23(11-12-25-20)21(24)18-6-5-15-3-1-2-4-17(15)13-18/h1-10,13,20H,11-12,14H2. The second-order valence-corrected chi connectivity index (χ2v) is 6.22. The maximum absolute atomic E-state index is 13.1. The van der Waals surface area contributed by atoms with Crippen LogP contribution in [-0.4, -0.2) is 30.5 Å². The lowest BCUT2D eigenvalue weighted by Gasteiger charge is -2.33. The molecule has 0 saturated carbocycles. The molecule has 0 radical (unpaired) electrons. The third kappa shape index (κ3) is 3.26. The first-order valence-electron chi connectivity index (χ1n) is 8.36. The molecule has 1 atom stereocenters. The lowest BCUT2D eigenvalue weighted by molar-refractivity contribution is -0.0228. The van der Waals surface area contributed by atoms with Crippen LogP contribution < -0.4 is 0 Å². The van der Waals surface area contributed by atoms with Gasteiger partial charge in [0.25, 0.3) is 5.91 Å². The number of amides is 1. The van der Waals surface area contributed by atoms with Gasteiger partial charge in [-0.05, 0) is 40.6 Å². The number of fused-ring (bicyclic) bond motifs is 1. The first kappa shape index (κ1) is 15.8. The molecule has 0 bridgehead atoms. The third-order valence-electron chi connectivity index (χ3n) is 4.59. The van der Waals surface area contributed by atoms with E-state index >= 15 is 0 Å². The van der Waals surface area contributed by atoms with Crippen molar-refractivity contribution in [2.75, 3.05) is 19.7 Å². The molecule has 1 unspecified atom stereocenters. The van der Waals surface area contributed by atoms with E-state index in [0.29, 0.717) is 25.3 Å². The number of hydrogen-bond donors (Lipinski definition) is 0. The van der Waals surface area contributed by atoms with Crippen molar-refractivity contribution in [3.05, 3.63) is 83.7 Å². The second kappa shape index (κ2) is 6.65. The zero-order valence-corrected chi connectivity index (χ0v) is 13.7. The third-order valence-corrected chi connectivity index (χ3v) is 4.59. The normalized spacial score (nSPS) is 17.6. The van der Waals surface area contributed by atoms with E-state index in [-0.39, 0.29) is 17.8 Å². The van der Waals surface area contributed by atoms with Crippen molar-refractivity contribution in [2.24, 2.45) is 0 Å². The van der Waals surface area contributed by atoms with Crippen LogP contribution >= 0.6 is 0 Å². The molecule has 25 heavy (non-hydrogen) atoms. The van der Waals surface area contributed by atoms with Crippen LogP contribution in [0.4, 0.5) is 4.39 Å². The molecule has 1 aliphatic rings. The van der Waals surface area contributed by atoms with E-state index in [9.17, 15) is 9.18 Å². The predicted octanol–water partition coefficient (Wildman–Crippen LogP) is 4.19. The molecule has 3 nitrogen and oxygen atoms in total. The summed E-state index contributed by atoms with van der Waals surface area (Å²) < 4.78 is 18.9. The van der Waals surface area contributed by atoms with Gasteiger partial charge in [-0.2, -0.15) is 0 Å². The lowest BCUT2D eigenvalue weighted by Crippen LogP contribution is -2.42. The average Bonchev–Trinajstić information content (AvgIpc) is 2.68. The molecule has 0 aromatic heterocycles. The molecule has 3 aromatic rings. The van der Waals surface area contributed by atoms with Gasteiger partial charge < -0.3 is 9.64 Å². The van der Waals surface area contributed by atoms with Gasteiger partial charge in [0.15, 0.2) is 0 Å². The number of halogens is 1. The van der Waals surface area contributed by atoms with Gasteiger partial charge in [-0.3, -0.25) is 4.79 Å². The first-order chi connectivity index (χ1) is 12.2. The van der Waals surface area contributed by atoms with Crippen LogP contribution in [0.25, 0.3) is 10.8 Å². The van der Waals surface area contributed by atoms with Gasteiger partial charge in [0.05, 0.1) is 13.2 Å². The van der Waals surface area contributed by atoms with E-state index in [2.05, 4.69) is 0 Å². The number of nitrogens with zero attached hydrogens (tertiary/aromatic N) is 1. The molecular formula is C21H18FNO2. The quantitative estimate of drug-likeness (QED) is 0.703. The minimum Gasteiger partial charge on any atom is -0.370 e. The minimum atomic E-state index is -0.274. The fourth-order valence-corrected chi connectivity index (χ4v) is 3.22. The molecule has 1 aliphatic heterocycles. The van der Waals surface area contributed by atoms with Gasteiger partial charge in [-0.1, -0.05) is 42.5 Å². The predicted molar refractivity (Wildman–Crippen MR) is 94.9 cm³/mol. The number of benzene rings is 3. The summed E-state index contributed by atoms with van der Waals surface area (Å²) in [6.07, 6.45) is -0.223. The Morgan fingerprint density at radius 3 is 2.56 bits per heavy atom. The highest BCUT2D eigenvalue weighted by molar-refractivity contribution is 5.98. The van der Waals surface area contributed by atoms with Crippen LogP contribution in [0.1, 0.15) is 22.0 Å². The summed E-state index contributed by atoms with van der Waals surface area (Å²) in [6, 6.07) is 20.0. The van der Waals surface area contributed by atoms with Crippen molar-refractivity contribution < 1.29 is 13.9 Å². The topological polar surface area (TPSA) is 29.5 Å². The van der Waals surface area contributed by atoms with Crippen LogP contribution in [0.5, 0.6) is 0 Å². The average molecular weight is 335 g/mol. The van der Waals surface area contributed by atoms with E-state index < -0.39 is 0 Å². The molecule has 4 rings (SSSR count). The number of morpholine rings is 1. The maximum Gasteiger partial charge on any atom is 0.254 e. The Morgan fingerprint density at radius 1 is 1.00 bits per heavy atom. The van der Waals surface area contributed by atoms with Crippen molar-refractivity contribution in [1.29, 1.82) is 0 Å². The highest BCUT2D eigenvalue weighted by Gasteiger charge is 2.26. The molecule has 3 aromatic carbocycles. The van der Waals surface area contributed by atoms with Gasteiger partial charge in [0, 0.05) is 12.1 Å². The van der Waals surface area contributed by atoms with Crippen molar-refractivity contribution in [3.63, 3.8) is 0 Å². The van der Waals surface area contributed by atoms with Crippen molar-refractivity contribution in [3.8, 4) is 0 Å². The summed E-state index contributed by atoms with van der Waals surface area (Å²) >= 11 is 0. The Bertz CT molecular complexity index is 907. The van der Waals surface area contributed by atoms with Crippen LogP contribution in [0.2, 0.25) is 0 Å². The molecule has 0 spiro atoms. The molecule has 1 heterocycles. The summed E-state index contributed by atoms with van der Waals surface area (Å²) in [4.78, 5) is 14.7. The second-order valence-electron chi connectivity index (χ2n) is 6.22. The van der Waals surface area contributed by atoms with E-state index in [1.807, 2.05) is 47.4 Å². The SMILES string of the molecule is O=C(c1ccc2ccccc2c1)N1CCOC(c2ccc(F)cc2)C1. The highest BCUT2D eigenvalue weighted by Crippen LogP contribution is 2.24. The molecule has 4 heteroatoms. The van der Waals surface area contributed by atoms with Gasteiger partial charge in [0.1, 0.15) is 11.9 Å². The van der Waals surface area contributed by atoms with Crippen LogP contribution in [0, 0.1) is 5.82 Å². The summed E-state index contributed by atoms with van der Waals surface area (Å²) in [7, 11) is 0. The Labute approximate surface area is 145 Å². The summed E-state index contributed by atoms with van der Waals surface area (Å²) in [5, 5.41) is 2.17. The molecule has 126 valence electrons. The van der Waals surface area contributed by atoms with E-state index in [1.165, 1.54) is 12.1 Å². The fourth-order valence-electron chi connectivity index (χ4n) is 3.22. The van der Waals surface area contributed by atoms with Crippen molar-refractivity contribution in [1.82, 2.24) is 4.90 Å². The zero-order valence-electron chi connectivity index (χ0n) is 13.7. The smallest absolute Gasteiger partial charge is 0.254 e. The number of carbonyl (C=O) groups is 1. The molecule has 1 saturated heterocycles. The number of ether oxygens (including phenoxy) is 1. The van der Waals surface area contributed by atoms with Crippen LogP contribution in [0.3, 0.4) is 0 Å².